The van der Waals surface area contributed by atoms with E-state index in [2.05, 4.69) is 5.32 Å². The van der Waals surface area contributed by atoms with Crippen LogP contribution < -0.4 is 10.1 Å². The molecule has 0 fully saturated rings. The van der Waals surface area contributed by atoms with Crippen LogP contribution in [0.1, 0.15) is 11.1 Å². The van der Waals surface area contributed by atoms with Gasteiger partial charge in [0.15, 0.2) is 0 Å². The number of nitro benzene ring substituents is 1. The van der Waals surface area contributed by atoms with Crippen LogP contribution in [0.15, 0.2) is 72.8 Å². The summed E-state index contributed by atoms with van der Waals surface area (Å²) < 4.78 is 18.8. The monoisotopic (exact) mass is 352 g/mol. The van der Waals surface area contributed by atoms with Crippen molar-refractivity contribution in [1.29, 1.82) is 0 Å². The fourth-order valence-electron chi connectivity index (χ4n) is 2.43. The molecule has 1 N–H and O–H groups in total. The summed E-state index contributed by atoms with van der Waals surface area (Å²) >= 11 is 0. The molecule has 3 rings (SSSR count). The van der Waals surface area contributed by atoms with Crippen molar-refractivity contribution in [3.8, 4) is 5.75 Å². The lowest BCUT2D eigenvalue weighted by Crippen LogP contribution is -2.03. The van der Waals surface area contributed by atoms with E-state index in [1.54, 1.807) is 24.3 Å². The first kappa shape index (κ1) is 17.4. The Morgan fingerprint density at radius 1 is 0.962 bits per heavy atom. The molecule has 5 nitrogen and oxygen atoms in total. The first-order valence-corrected chi connectivity index (χ1v) is 8.05. The lowest BCUT2D eigenvalue weighted by atomic mass is 10.2. The van der Waals surface area contributed by atoms with Crippen molar-refractivity contribution in [3.63, 3.8) is 0 Å². The summed E-state index contributed by atoms with van der Waals surface area (Å²) in [7, 11) is 0. The van der Waals surface area contributed by atoms with Gasteiger partial charge in [-0.05, 0) is 35.9 Å². The molecule has 26 heavy (non-hydrogen) atoms. The Morgan fingerprint density at radius 3 is 2.35 bits per heavy atom. The molecule has 3 aromatic rings. The summed E-state index contributed by atoms with van der Waals surface area (Å²) in [5.74, 6) is 0.452. The number of nitrogens with zero attached hydrogens (tertiary/aromatic N) is 1. The zero-order chi connectivity index (χ0) is 18.4. The highest BCUT2D eigenvalue weighted by molar-refractivity contribution is 5.49. The second-order valence-corrected chi connectivity index (χ2v) is 5.68. The zero-order valence-corrected chi connectivity index (χ0v) is 13.9. The second kappa shape index (κ2) is 8.11. The minimum absolute atomic E-state index is 0.0542. The zero-order valence-electron chi connectivity index (χ0n) is 13.9. The number of nitrogens with one attached hydrogen (secondary N) is 1. The molecule has 0 bridgehead atoms. The van der Waals surface area contributed by atoms with Gasteiger partial charge in [-0.25, -0.2) is 4.39 Å². The summed E-state index contributed by atoms with van der Waals surface area (Å²) in [5.41, 5.74) is 2.67. The number of anilines is 1. The van der Waals surface area contributed by atoms with Crippen molar-refractivity contribution in [2.75, 3.05) is 5.32 Å². The minimum atomic E-state index is -0.428. The van der Waals surface area contributed by atoms with Crippen molar-refractivity contribution in [2.45, 2.75) is 13.2 Å². The molecule has 0 saturated heterocycles. The fourth-order valence-corrected chi connectivity index (χ4v) is 2.43. The molecule has 0 aliphatic rings. The molecule has 0 spiro atoms. The van der Waals surface area contributed by atoms with Crippen LogP contribution in [0, 0.1) is 15.9 Å². The number of rotatable bonds is 7. The largest absolute Gasteiger partial charge is 0.489 e. The number of halogens is 1. The molecule has 3 aromatic carbocycles. The Morgan fingerprint density at radius 2 is 1.65 bits per heavy atom. The van der Waals surface area contributed by atoms with E-state index >= 15 is 0 Å². The Labute approximate surface area is 150 Å². The summed E-state index contributed by atoms with van der Waals surface area (Å²) in [6.07, 6.45) is 0. The molecule has 0 aliphatic heterocycles. The van der Waals surface area contributed by atoms with Crippen molar-refractivity contribution in [3.05, 3.63) is 99.9 Å². The van der Waals surface area contributed by atoms with Crippen LogP contribution >= 0.6 is 0 Å². The fraction of sp³-hybridized carbons (Fsp3) is 0.100. The average Bonchev–Trinajstić information content (AvgIpc) is 2.67. The Hall–Kier alpha value is -3.41. The van der Waals surface area contributed by atoms with E-state index in [1.165, 1.54) is 24.3 Å². The van der Waals surface area contributed by atoms with Crippen LogP contribution in [0.5, 0.6) is 5.75 Å². The molecular formula is C20H17FN2O3. The molecule has 132 valence electrons. The first-order valence-electron chi connectivity index (χ1n) is 8.05. The quantitative estimate of drug-likeness (QED) is 0.484. The van der Waals surface area contributed by atoms with E-state index in [9.17, 15) is 14.5 Å². The molecule has 0 amide bonds. The molecule has 0 atom stereocenters. The van der Waals surface area contributed by atoms with E-state index in [1.807, 2.05) is 24.3 Å². The number of non-ortho nitro benzene ring substituents is 1. The maximum absolute atomic E-state index is 13.0. The number of benzene rings is 3. The molecule has 0 radical (unpaired) electrons. The van der Waals surface area contributed by atoms with E-state index in [0.29, 0.717) is 13.2 Å². The van der Waals surface area contributed by atoms with E-state index < -0.39 is 4.92 Å². The topological polar surface area (TPSA) is 64.4 Å². The predicted molar refractivity (Wildman–Crippen MR) is 97.6 cm³/mol. The van der Waals surface area contributed by atoms with Gasteiger partial charge in [-0.1, -0.05) is 30.3 Å². The highest BCUT2D eigenvalue weighted by Crippen LogP contribution is 2.22. The van der Waals surface area contributed by atoms with Gasteiger partial charge in [0.05, 0.1) is 4.92 Å². The average molecular weight is 352 g/mol. The summed E-state index contributed by atoms with van der Waals surface area (Å²) in [6, 6.07) is 20.0. The van der Waals surface area contributed by atoms with Crippen LogP contribution in [0.3, 0.4) is 0 Å². The minimum Gasteiger partial charge on any atom is -0.489 e. The molecular weight excluding hydrogens is 335 g/mol. The smallest absolute Gasteiger partial charge is 0.269 e. The predicted octanol–water partition coefficient (Wildman–Crippen LogP) is 4.93. The Bertz CT molecular complexity index is 880. The van der Waals surface area contributed by atoms with Gasteiger partial charge >= 0.3 is 0 Å². The van der Waals surface area contributed by atoms with Gasteiger partial charge in [0.2, 0.25) is 0 Å². The number of hydrogen-bond donors (Lipinski definition) is 1. The maximum Gasteiger partial charge on any atom is 0.269 e. The van der Waals surface area contributed by atoms with Gasteiger partial charge in [-0.3, -0.25) is 10.1 Å². The standard InChI is InChI=1S/C20H17FN2O3/c21-17-7-5-15(6-8-17)14-26-20-4-2-1-3-16(20)13-22-18-9-11-19(12-10-18)23(24)25/h1-12,22H,13-14H2. The Balaban J connectivity index is 1.63. The van der Waals surface area contributed by atoms with Crippen molar-refractivity contribution in [2.24, 2.45) is 0 Å². The number of hydrogen-bond acceptors (Lipinski definition) is 4. The Kier molecular flexibility index (Phi) is 5.43. The molecule has 0 unspecified atom stereocenters. The van der Waals surface area contributed by atoms with Crippen LogP contribution in [-0.4, -0.2) is 4.92 Å². The van der Waals surface area contributed by atoms with Gasteiger partial charge in [0.25, 0.3) is 5.69 Å². The van der Waals surface area contributed by atoms with Gasteiger partial charge in [0, 0.05) is 29.9 Å². The molecule has 0 aromatic heterocycles. The van der Waals surface area contributed by atoms with Crippen molar-refractivity contribution >= 4 is 11.4 Å². The normalized spacial score (nSPS) is 10.3. The van der Waals surface area contributed by atoms with E-state index in [0.717, 1.165) is 22.6 Å². The van der Waals surface area contributed by atoms with Crippen LogP contribution in [-0.2, 0) is 13.2 Å². The lowest BCUT2D eigenvalue weighted by Gasteiger charge is -2.13. The highest BCUT2D eigenvalue weighted by Gasteiger charge is 2.06. The summed E-state index contributed by atoms with van der Waals surface area (Å²) in [5, 5.41) is 13.9. The SMILES string of the molecule is O=[N+]([O-])c1ccc(NCc2ccccc2OCc2ccc(F)cc2)cc1. The molecule has 6 heteroatoms. The van der Waals surface area contributed by atoms with Gasteiger partial charge in [-0.15, -0.1) is 0 Å². The van der Waals surface area contributed by atoms with Crippen LogP contribution in [0.25, 0.3) is 0 Å². The van der Waals surface area contributed by atoms with E-state index in [4.69, 9.17) is 4.74 Å². The third-order valence-electron chi connectivity index (χ3n) is 3.84. The first-order chi connectivity index (χ1) is 12.6. The molecule has 0 aliphatic carbocycles. The summed E-state index contributed by atoms with van der Waals surface area (Å²) in [4.78, 5) is 10.3. The number of para-hydroxylation sites is 1. The van der Waals surface area contributed by atoms with Gasteiger partial charge < -0.3 is 10.1 Å². The highest BCUT2D eigenvalue weighted by atomic mass is 19.1. The molecule has 0 heterocycles. The molecule has 0 saturated carbocycles. The third kappa shape index (κ3) is 4.57. The van der Waals surface area contributed by atoms with Crippen molar-refractivity contribution < 1.29 is 14.1 Å². The van der Waals surface area contributed by atoms with Crippen molar-refractivity contribution in [1.82, 2.24) is 0 Å². The third-order valence-corrected chi connectivity index (χ3v) is 3.84. The second-order valence-electron chi connectivity index (χ2n) is 5.68. The van der Waals surface area contributed by atoms with Crippen LogP contribution in [0.4, 0.5) is 15.8 Å². The summed E-state index contributed by atoms with van der Waals surface area (Å²) in [6.45, 7) is 0.853. The maximum atomic E-state index is 13.0. The number of ether oxygens (including phenoxy) is 1. The van der Waals surface area contributed by atoms with Crippen LogP contribution in [0.2, 0.25) is 0 Å². The van der Waals surface area contributed by atoms with Gasteiger partial charge in [0.1, 0.15) is 18.2 Å². The van der Waals surface area contributed by atoms with E-state index in [-0.39, 0.29) is 11.5 Å². The lowest BCUT2D eigenvalue weighted by molar-refractivity contribution is -0.384. The number of nitro groups is 1. The van der Waals surface area contributed by atoms with Gasteiger partial charge in [-0.2, -0.15) is 0 Å².